The van der Waals surface area contributed by atoms with Gasteiger partial charge in [-0.3, -0.25) is 14.4 Å². The van der Waals surface area contributed by atoms with Gasteiger partial charge < -0.3 is 26.0 Å². The number of carboxylic acid groups (broad SMARTS) is 1. The molecule has 164 valence electrons. The molecule has 4 atom stereocenters. The monoisotopic (exact) mass is 446 g/mol. The predicted molar refractivity (Wildman–Crippen MR) is 114 cm³/mol. The Balaban J connectivity index is 1.99. The summed E-state index contributed by atoms with van der Waals surface area (Å²) in [5.74, 6) is -1.43. The first-order valence-corrected chi connectivity index (χ1v) is 11.9. The van der Waals surface area contributed by atoms with Crippen molar-refractivity contribution >= 4 is 48.1 Å². The van der Waals surface area contributed by atoms with Crippen LogP contribution in [0.25, 0.3) is 0 Å². The van der Waals surface area contributed by atoms with Crippen molar-refractivity contribution in [2.24, 2.45) is 0 Å². The molecule has 2 aliphatic rings. The molecule has 0 saturated carbocycles. The fraction of sp³-hybridized carbons (Fsp3) is 0.778. The topological polar surface area (TPSA) is 128 Å². The summed E-state index contributed by atoms with van der Waals surface area (Å²) in [7, 11) is 0. The van der Waals surface area contributed by atoms with Gasteiger partial charge in [0, 0.05) is 12.3 Å². The first kappa shape index (κ1) is 23.8. The number of hydrogen-bond acceptors (Lipinski definition) is 7. The van der Waals surface area contributed by atoms with Gasteiger partial charge in [0.15, 0.2) is 0 Å². The first-order chi connectivity index (χ1) is 13.9. The number of rotatable bonds is 10. The van der Waals surface area contributed by atoms with Gasteiger partial charge in [-0.05, 0) is 50.7 Å². The molecule has 4 N–H and O–H groups in total. The Bertz CT molecular complexity index is 615. The van der Waals surface area contributed by atoms with Crippen LogP contribution >= 0.6 is 24.4 Å². The second-order valence-corrected chi connectivity index (χ2v) is 8.61. The lowest BCUT2D eigenvalue weighted by atomic mass is 10.1. The molecule has 0 aromatic rings. The van der Waals surface area contributed by atoms with Crippen LogP contribution < -0.4 is 16.0 Å². The maximum atomic E-state index is 13.0. The van der Waals surface area contributed by atoms with E-state index in [2.05, 4.69) is 28.6 Å². The summed E-state index contributed by atoms with van der Waals surface area (Å²) in [4.78, 5) is 50.9. The normalized spacial score (nSPS) is 23.4. The van der Waals surface area contributed by atoms with E-state index in [0.29, 0.717) is 31.6 Å². The lowest BCUT2D eigenvalue weighted by Gasteiger charge is -2.29. The number of carbonyl (C=O) groups excluding carboxylic acids is 3. The molecule has 2 heterocycles. The minimum atomic E-state index is -1.09. The molecule has 0 bridgehead atoms. The molecule has 29 heavy (non-hydrogen) atoms. The molecule has 0 aromatic carbocycles. The molecule has 11 heteroatoms. The van der Waals surface area contributed by atoms with Crippen LogP contribution in [0.15, 0.2) is 0 Å². The summed E-state index contributed by atoms with van der Waals surface area (Å²) in [6, 6.07) is -2.85. The van der Waals surface area contributed by atoms with Gasteiger partial charge in [-0.15, -0.1) is 0 Å². The van der Waals surface area contributed by atoms with E-state index in [9.17, 15) is 24.3 Å². The van der Waals surface area contributed by atoms with E-state index in [1.165, 1.54) is 16.7 Å². The molecule has 9 nitrogen and oxygen atoms in total. The highest BCUT2D eigenvalue weighted by molar-refractivity contribution is 7.98. The zero-order valence-corrected chi connectivity index (χ0v) is 18.3. The van der Waals surface area contributed by atoms with Crippen LogP contribution in [0.3, 0.4) is 0 Å². The largest absolute Gasteiger partial charge is 0.480 e. The molecule has 3 amide bonds. The van der Waals surface area contributed by atoms with Crippen molar-refractivity contribution in [2.45, 2.75) is 56.3 Å². The van der Waals surface area contributed by atoms with Crippen LogP contribution in [-0.4, -0.2) is 88.7 Å². The number of carbonyl (C=O) groups is 4. The van der Waals surface area contributed by atoms with Crippen LogP contribution in [0.4, 0.5) is 0 Å². The molecular formula is C18H30N4O5S2. The summed E-state index contributed by atoms with van der Waals surface area (Å²) < 4.78 is 0. The molecule has 2 rings (SSSR count). The van der Waals surface area contributed by atoms with E-state index in [-0.39, 0.29) is 23.6 Å². The Morgan fingerprint density at radius 3 is 2.48 bits per heavy atom. The molecule has 0 radical (unpaired) electrons. The third kappa shape index (κ3) is 6.51. The molecule has 2 saturated heterocycles. The van der Waals surface area contributed by atoms with Crippen molar-refractivity contribution in [2.75, 3.05) is 30.9 Å². The third-order valence-electron chi connectivity index (χ3n) is 5.24. The maximum Gasteiger partial charge on any atom is 0.326 e. The smallest absolute Gasteiger partial charge is 0.326 e. The zero-order valence-electron chi connectivity index (χ0n) is 16.6. The van der Waals surface area contributed by atoms with Gasteiger partial charge in [-0.2, -0.15) is 24.4 Å². The molecule has 0 spiro atoms. The number of nitrogens with one attached hydrogen (secondary N) is 3. The van der Waals surface area contributed by atoms with Crippen molar-refractivity contribution in [3.8, 4) is 0 Å². The van der Waals surface area contributed by atoms with Gasteiger partial charge >= 0.3 is 5.97 Å². The molecule has 4 unspecified atom stereocenters. The minimum Gasteiger partial charge on any atom is -0.480 e. The number of thioether (sulfide) groups is 1. The number of thiol groups is 1. The van der Waals surface area contributed by atoms with Crippen molar-refractivity contribution in [3.05, 3.63) is 0 Å². The van der Waals surface area contributed by atoms with Gasteiger partial charge in [0.05, 0.1) is 6.04 Å². The molecule has 0 aromatic heterocycles. The molecule has 2 aliphatic heterocycles. The van der Waals surface area contributed by atoms with Crippen molar-refractivity contribution in [3.63, 3.8) is 0 Å². The SMILES string of the molecule is CSCCC(NC(=O)C1CCCN1C(=O)C(CS)NC(=O)C1CCCN1)C(=O)O. The third-order valence-corrected chi connectivity index (χ3v) is 6.25. The van der Waals surface area contributed by atoms with Gasteiger partial charge in [-0.25, -0.2) is 4.79 Å². The van der Waals surface area contributed by atoms with Gasteiger partial charge in [0.25, 0.3) is 0 Å². The molecule has 0 aliphatic carbocycles. The van der Waals surface area contributed by atoms with Crippen molar-refractivity contribution in [1.29, 1.82) is 0 Å². The number of likely N-dealkylation sites (tertiary alicyclic amines) is 1. The van der Waals surface area contributed by atoms with Crippen LogP contribution in [0, 0.1) is 0 Å². The summed E-state index contributed by atoms with van der Waals surface area (Å²) in [6.07, 6.45) is 4.92. The predicted octanol–water partition coefficient (Wildman–Crippen LogP) is -0.533. The van der Waals surface area contributed by atoms with Gasteiger partial charge in [0.2, 0.25) is 17.7 Å². The number of hydrogen-bond donors (Lipinski definition) is 5. The average molecular weight is 447 g/mol. The Kier molecular flexibility index (Phi) is 9.57. The van der Waals surface area contributed by atoms with Crippen LogP contribution in [-0.2, 0) is 19.2 Å². The van der Waals surface area contributed by atoms with Crippen molar-refractivity contribution < 1.29 is 24.3 Å². The van der Waals surface area contributed by atoms with Gasteiger partial charge in [0.1, 0.15) is 18.1 Å². The van der Waals surface area contributed by atoms with E-state index in [0.717, 1.165) is 19.4 Å². The van der Waals surface area contributed by atoms with Crippen LogP contribution in [0.2, 0.25) is 0 Å². The highest BCUT2D eigenvalue weighted by atomic mass is 32.2. The number of aliphatic carboxylic acids is 1. The van der Waals surface area contributed by atoms with Gasteiger partial charge in [-0.1, -0.05) is 0 Å². The first-order valence-electron chi connectivity index (χ1n) is 9.86. The van der Waals surface area contributed by atoms with Crippen LogP contribution in [0.5, 0.6) is 0 Å². The average Bonchev–Trinajstić information content (AvgIpc) is 3.40. The van der Waals surface area contributed by atoms with Crippen LogP contribution in [0.1, 0.15) is 32.1 Å². The highest BCUT2D eigenvalue weighted by Crippen LogP contribution is 2.19. The fourth-order valence-corrected chi connectivity index (χ4v) is 4.35. The Morgan fingerprint density at radius 1 is 1.17 bits per heavy atom. The standard InChI is InChI=1S/C18H30N4O5S2/c1-29-9-6-12(18(26)27)20-16(24)14-5-3-8-22(14)17(25)13(10-28)21-15(23)11-4-2-7-19-11/h11-14,19,28H,2-10H2,1H3,(H,20,24)(H,21,23)(H,26,27). The summed E-state index contributed by atoms with van der Waals surface area (Å²) in [5, 5.41) is 17.7. The highest BCUT2D eigenvalue weighted by Gasteiger charge is 2.39. The second kappa shape index (κ2) is 11.7. The lowest BCUT2D eigenvalue weighted by Crippen LogP contribution is -2.57. The Labute approximate surface area is 180 Å². The number of amides is 3. The Hall–Kier alpha value is -1.46. The van der Waals surface area contributed by atoms with Crippen molar-refractivity contribution in [1.82, 2.24) is 20.9 Å². The number of nitrogens with zero attached hydrogens (tertiary/aromatic N) is 1. The van der Waals surface area contributed by atoms with E-state index in [1.807, 2.05) is 6.26 Å². The quantitative estimate of drug-likeness (QED) is 0.285. The summed E-state index contributed by atoms with van der Waals surface area (Å²) >= 11 is 5.71. The second-order valence-electron chi connectivity index (χ2n) is 7.26. The van der Waals surface area contributed by atoms with E-state index < -0.39 is 30.0 Å². The zero-order chi connectivity index (χ0) is 21.4. The minimum absolute atomic E-state index is 0.119. The fourth-order valence-electron chi connectivity index (χ4n) is 3.63. The lowest BCUT2D eigenvalue weighted by molar-refractivity contribution is -0.144. The molecular weight excluding hydrogens is 416 g/mol. The number of carboxylic acids is 1. The summed E-state index contributed by atoms with van der Waals surface area (Å²) in [5.41, 5.74) is 0. The molecule has 2 fully saturated rings. The van der Waals surface area contributed by atoms with E-state index >= 15 is 0 Å². The summed E-state index contributed by atoms with van der Waals surface area (Å²) in [6.45, 7) is 1.16. The Morgan fingerprint density at radius 2 is 1.90 bits per heavy atom. The van der Waals surface area contributed by atoms with E-state index in [4.69, 9.17) is 0 Å². The maximum absolute atomic E-state index is 13.0. The van der Waals surface area contributed by atoms with E-state index in [1.54, 1.807) is 0 Å².